The highest BCUT2D eigenvalue weighted by molar-refractivity contribution is 7.89. The second-order valence-corrected chi connectivity index (χ2v) is 15.1. The summed E-state index contributed by atoms with van der Waals surface area (Å²) in [5.41, 5.74) is 2.63. The molecule has 0 aliphatic carbocycles. The number of methoxy groups -OCH3 is 1. The first-order chi connectivity index (χ1) is 19.3. The molecule has 2 aromatic heterocycles. The number of benzene rings is 3. The minimum atomic E-state index is -4.06. The highest BCUT2D eigenvalue weighted by Gasteiger charge is 2.28. The number of thiophene rings is 1. The Bertz CT molecular complexity index is 1730. The van der Waals surface area contributed by atoms with Gasteiger partial charge < -0.3 is 15.0 Å². The predicted molar refractivity (Wildman–Crippen MR) is 151 cm³/mol. The van der Waals surface area contributed by atoms with Gasteiger partial charge in [-0.1, -0.05) is 29.5 Å². The third-order valence-corrected chi connectivity index (χ3v) is 11.8. The monoisotopic (exact) mass is 686 g/mol. The summed E-state index contributed by atoms with van der Waals surface area (Å²) in [6.07, 6.45) is 1.86. The van der Waals surface area contributed by atoms with Gasteiger partial charge in [-0.05, 0) is 71.6 Å². The van der Waals surface area contributed by atoms with Crippen molar-refractivity contribution in [2.75, 3.05) is 12.4 Å². The number of para-hydroxylation sites is 1. The first-order valence-corrected chi connectivity index (χ1v) is 16.7. The maximum Gasteiger partial charge on any atom is 0.369 e. The molecule has 11 heteroatoms. The number of amides is 1. The lowest BCUT2D eigenvalue weighted by Gasteiger charge is -2.17. The standard InChI is InChI=1S/C29H24IN3O5S2/c1-38-29(35)26(17-20-18-31-25-6-3-2-5-24(20)25)33-40(36,37)23-14-12-22(13-15-23)32-28(34)19-8-10-21(11-9-19)30-27-7-4-16-39-27/h2-16,18,26,31,33H,17H2,1H3/p+1/t26-/m1/s1. The second-order valence-electron chi connectivity index (χ2n) is 8.76. The lowest BCUT2D eigenvalue weighted by molar-refractivity contribution is -0.591. The van der Waals surface area contributed by atoms with Gasteiger partial charge in [0.05, 0.1) is 12.0 Å². The van der Waals surface area contributed by atoms with Gasteiger partial charge in [0.15, 0.2) is 3.57 Å². The molecule has 40 heavy (non-hydrogen) atoms. The van der Waals surface area contributed by atoms with Gasteiger partial charge in [0.1, 0.15) is 6.04 Å². The summed E-state index contributed by atoms with van der Waals surface area (Å²) >= 11 is 1.47. The highest BCUT2D eigenvalue weighted by Crippen LogP contribution is 2.21. The molecule has 0 radical (unpaired) electrons. The molecule has 8 nitrogen and oxygen atoms in total. The van der Waals surface area contributed by atoms with Crippen molar-refractivity contribution in [3.8, 4) is 0 Å². The van der Waals surface area contributed by atoms with Crippen molar-refractivity contribution in [1.82, 2.24) is 9.71 Å². The molecule has 2 heterocycles. The van der Waals surface area contributed by atoms with Crippen LogP contribution in [0.15, 0.2) is 101 Å². The van der Waals surface area contributed by atoms with E-state index in [1.54, 1.807) is 29.7 Å². The molecule has 204 valence electrons. The Morgan fingerprint density at radius 2 is 1.73 bits per heavy atom. The van der Waals surface area contributed by atoms with E-state index in [9.17, 15) is 18.0 Å². The SMILES string of the molecule is COC(=O)[C@@H](Cc1c[nH]c2ccccc12)NS(=O)(=O)c1ccc(NC(=O)c2ccc([I+]c3cccs3)cc2)cc1. The summed E-state index contributed by atoms with van der Waals surface area (Å²) < 4.78 is 36.2. The molecule has 0 spiro atoms. The fraction of sp³-hybridized carbons (Fsp3) is 0.103. The van der Waals surface area contributed by atoms with Gasteiger partial charge >= 0.3 is 27.2 Å². The molecule has 1 atom stereocenters. The molecule has 0 aliphatic heterocycles. The number of esters is 1. The summed E-state index contributed by atoms with van der Waals surface area (Å²) in [4.78, 5) is 28.3. The second kappa shape index (κ2) is 12.3. The molecule has 5 aromatic rings. The van der Waals surface area contributed by atoms with Crippen molar-refractivity contribution in [2.45, 2.75) is 17.4 Å². The Balaban J connectivity index is 1.24. The number of aromatic amines is 1. The van der Waals surface area contributed by atoms with E-state index in [1.165, 1.54) is 37.8 Å². The third kappa shape index (κ3) is 6.61. The molecule has 5 rings (SSSR count). The largest absolute Gasteiger partial charge is 0.468 e. The van der Waals surface area contributed by atoms with Crippen LogP contribution in [-0.2, 0) is 26.0 Å². The van der Waals surface area contributed by atoms with Gasteiger partial charge in [0.2, 0.25) is 12.9 Å². The summed E-state index contributed by atoms with van der Waals surface area (Å²) in [6, 6.07) is 23.9. The third-order valence-electron chi connectivity index (χ3n) is 6.10. The smallest absolute Gasteiger partial charge is 0.369 e. The molecule has 0 bridgehead atoms. The van der Waals surface area contributed by atoms with Crippen LogP contribution < -0.4 is 31.2 Å². The van der Waals surface area contributed by atoms with Crippen LogP contribution in [0.5, 0.6) is 0 Å². The Hall–Kier alpha value is -3.52. The first-order valence-electron chi connectivity index (χ1n) is 12.2. The lowest BCUT2D eigenvalue weighted by atomic mass is 10.1. The minimum Gasteiger partial charge on any atom is -0.468 e. The highest BCUT2D eigenvalue weighted by atomic mass is 127. The van der Waals surface area contributed by atoms with Crippen molar-refractivity contribution < 1.29 is 43.9 Å². The Morgan fingerprint density at radius 1 is 0.975 bits per heavy atom. The zero-order valence-electron chi connectivity index (χ0n) is 21.3. The number of aromatic nitrogens is 1. The molecular formula is C29H25IN3O5S2+. The number of ether oxygens (including phenoxy) is 1. The fourth-order valence-electron chi connectivity index (χ4n) is 4.10. The van der Waals surface area contributed by atoms with Crippen LogP contribution in [0, 0.1) is 6.45 Å². The van der Waals surface area contributed by atoms with E-state index < -0.39 is 22.0 Å². The lowest BCUT2D eigenvalue weighted by Crippen LogP contribution is -3.61. The molecule has 0 fully saturated rings. The Kier molecular flexibility index (Phi) is 8.64. The molecule has 3 aromatic carbocycles. The number of H-pyrrole nitrogens is 1. The van der Waals surface area contributed by atoms with E-state index in [0.717, 1.165) is 16.5 Å². The van der Waals surface area contributed by atoms with Crippen molar-refractivity contribution in [3.63, 3.8) is 0 Å². The maximum atomic E-state index is 13.1. The van der Waals surface area contributed by atoms with Crippen molar-refractivity contribution >= 4 is 49.8 Å². The zero-order valence-corrected chi connectivity index (χ0v) is 25.0. The van der Waals surface area contributed by atoms with E-state index in [-0.39, 0.29) is 38.4 Å². The molecule has 0 saturated heterocycles. The number of carbonyl (C=O) groups is 2. The zero-order chi connectivity index (χ0) is 28.1. The summed E-state index contributed by atoms with van der Waals surface area (Å²) in [5.74, 6) is -0.986. The van der Waals surface area contributed by atoms with Gasteiger partial charge in [-0.25, -0.2) is 8.42 Å². The Labute approximate surface area is 246 Å². The number of anilines is 1. The van der Waals surface area contributed by atoms with Crippen molar-refractivity contribution in [3.05, 3.63) is 114 Å². The fourth-order valence-corrected chi connectivity index (χ4v) is 8.91. The number of hydrogen-bond donors (Lipinski definition) is 3. The number of sulfonamides is 1. The summed E-state index contributed by atoms with van der Waals surface area (Å²) in [7, 11) is -2.85. The average molecular weight is 687 g/mol. The van der Waals surface area contributed by atoms with Gasteiger partial charge in [0.25, 0.3) is 5.91 Å². The number of nitrogens with one attached hydrogen (secondary N) is 3. The number of hydrogen-bond acceptors (Lipinski definition) is 6. The van der Waals surface area contributed by atoms with Crippen LogP contribution in [0.3, 0.4) is 0 Å². The van der Waals surface area contributed by atoms with E-state index in [4.69, 9.17) is 4.74 Å². The number of carbonyl (C=O) groups excluding carboxylic acids is 2. The van der Waals surface area contributed by atoms with Gasteiger partial charge in [-0.15, -0.1) is 0 Å². The number of halogens is 1. The maximum absolute atomic E-state index is 13.1. The molecule has 0 aliphatic rings. The molecular weight excluding hydrogens is 661 g/mol. The van der Waals surface area contributed by atoms with Gasteiger partial charge in [0, 0.05) is 40.8 Å². The number of rotatable bonds is 10. The van der Waals surface area contributed by atoms with Gasteiger partial charge in [-0.2, -0.15) is 4.72 Å². The molecule has 0 saturated carbocycles. The number of fused-ring (bicyclic) bond motifs is 1. The van der Waals surface area contributed by atoms with E-state index in [0.29, 0.717) is 11.3 Å². The van der Waals surface area contributed by atoms with Crippen molar-refractivity contribution in [2.24, 2.45) is 0 Å². The van der Waals surface area contributed by atoms with Crippen LogP contribution in [0.4, 0.5) is 5.69 Å². The summed E-state index contributed by atoms with van der Waals surface area (Å²) in [5, 5.41) is 5.76. The van der Waals surface area contributed by atoms with Crippen LogP contribution >= 0.6 is 11.3 Å². The van der Waals surface area contributed by atoms with E-state index in [1.807, 2.05) is 42.5 Å². The molecule has 3 N–H and O–H groups in total. The Morgan fingerprint density at radius 3 is 2.42 bits per heavy atom. The topological polar surface area (TPSA) is 117 Å². The van der Waals surface area contributed by atoms with E-state index in [2.05, 4.69) is 26.5 Å². The van der Waals surface area contributed by atoms with Crippen LogP contribution in [0.2, 0.25) is 0 Å². The van der Waals surface area contributed by atoms with Crippen LogP contribution in [0.1, 0.15) is 15.9 Å². The normalized spacial score (nSPS) is 12.2. The average Bonchev–Trinajstić information content (AvgIpc) is 3.63. The molecule has 1 amide bonds. The van der Waals surface area contributed by atoms with E-state index >= 15 is 0 Å². The van der Waals surface area contributed by atoms with Crippen molar-refractivity contribution in [1.29, 1.82) is 0 Å². The van der Waals surface area contributed by atoms with Crippen LogP contribution in [0.25, 0.3) is 10.9 Å². The van der Waals surface area contributed by atoms with Gasteiger partial charge in [-0.3, -0.25) is 9.59 Å². The quantitative estimate of drug-likeness (QED) is 0.153. The summed E-state index contributed by atoms with van der Waals surface area (Å²) in [6.45, 7) is 0. The first kappa shape index (κ1) is 28.0. The minimum absolute atomic E-state index is 0.0415. The predicted octanol–water partition coefficient (Wildman–Crippen LogP) is 1.67. The molecule has 0 unspecified atom stereocenters. The van der Waals surface area contributed by atoms with Crippen LogP contribution in [-0.4, -0.2) is 38.4 Å².